The number of pyridine rings is 1. The van der Waals surface area contributed by atoms with Crippen molar-refractivity contribution in [2.24, 2.45) is 5.73 Å². The Balaban J connectivity index is 2.82. The number of anilines is 1. The summed E-state index contributed by atoms with van der Waals surface area (Å²) in [5, 5.41) is 2.72. The number of carbonyl (C=O) groups is 1. The van der Waals surface area contributed by atoms with Crippen molar-refractivity contribution in [1.29, 1.82) is 0 Å². The highest BCUT2D eigenvalue weighted by Crippen LogP contribution is 2.12. The van der Waals surface area contributed by atoms with Crippen LogP contribution in [-0.4, -0.2) is 37.6 Å². The van der Waals surface area contributed by atoms with Gasteiger partial charge in [-0.25, -0.2) is 0 Å². The van der Waals surface area contributed by atoms with E-state index in [0.717, 1.165) is 12.2 Å². The highest BCUT2D eigenvalue weighted by atomic mass is 16.1. The van der Waals surface area contributed by atoms with E-state index in [1.54, 1.807) is 12.3 Å². The molecule has 1 aromatic rings. The molecule has 0 radical (unpaired) electrons. The molecule has 1 aromatic heterocycles. The molecule has 0 spiro atoms. The number of carbonyl (C=O) groups excluding carboxylic acids is 1. The van der Waals surface area contributed by atoms with Crippen LogP contribution in [0.5, 0.6) is 0 Å². The van der Waals surface area contributed by atoms with Crippen LogP contribution < -0.4 is 16.0 Å². The molecule has 16 heavy (non-hydrogen) atoms. The number of aromatic nitrogens is 1. The Kier molecular flexibility index (Phi) is 4.72. The smallest absolute Gasteiger partial charge is 0.269 e. The third kappa shape index (κ3) is 3.20. The quantitative estimate of drug-likeness (QED) is 0.748. The van der Waals surface area contributed by atoms with E-state index in [1.165, 1.54) is 0 Å². The maximum Gasteiger partial charge on any atom is 0.269 e. The molecule has 88 valence electrons. The fourth-order valence-electron chi connectivity index (χ4n) is 1.35. The van der Waals surface area contributed by atoms with Crippen LogP contribution in [0.3, 0.4) is 0 Å². The fourth-order valence-corrected chi connectivity index (χ4v) is 1.35. The molecule has 0 bridgehead atoms. The van der Waals surface area contributed by atoms with Gasteiger partial charge in [0.15, 0.2) is 0 Å². The topological polar surface area (TPSA) is 71.2 Å². The molecular formula is C11H18N4O. The minimum atomic E-state index is -0.148. The average molecular weight is 222 g/mol. The van der Waals surface area contributed by atoms with Gasteiger partial charge in [-0.15, -0.1) is 0 Å². The van der Waals surface area contributed by atoms with Gasteiger partial charge >= 0.3 is 0 Å². The highest BCUT2D eigenvalue weighted by molar-refractivity contribution is 5.93. The molecule has 0 aliphatic rings. The number of nitrogens with zero attached hydrogens (tertiary/aromatic N) is 2. The number of hydrogen-bond acceptors (Lipinski definition) is 4. The number of likely N-dealkylation sites (N-methyl/N-ethyl adjacent to an activating group) is 1. The Morgan fingerprint density at radius 3 is 3.00 bits per heavy atom. The minimum Gasteiger partial charge on any atom is -0.373 e. The van der Waals surface area contributed by atoms with E-state index in [2.05, 4.69) is 10.3 Å². The minimum absolute atomic E-state index is 0.148. The summed E-state index contributed by atoms with van der Waals surface area (Å²) in [6.07, 6.45) is 1.63. The molecule has 1 heterocycles. The number of rotatable bonds is 5. The first-order chi connectivity index (χ1) is 7.69. The Morgan fingerprint density at radius 2 is 2.38 bits per heavy atom. The van der Waals surface area contributed by atoms with Crippen LogP contribution in [0.15, 0.2) is 18.3 Å². The second-order valence-electron chi connectivity index (χ2n) is 3.47. The second-order valence-corrected chi connectivity index (χ2v) is 3.47. The zero-order valence-corrected chi connectivity index (χ0v) is 9.73. The van der Waals surface area contributed by atoms with E-state index >= 15 is 0 Å². The fraction of sp³-hybridized carbons (Fsp3) is 0.455. The summed E-state index contributed by atoms with van der Waals surface area (Å²) in [7, 11) is 1.93. The van der Waals surface area contributed by atoms with Crippen LogP contribution in [-0.2, 0) is 0 Å². The van der Waals surface area contributed by atoms with Gasteiger partial charge in [0.25, 0.3) is 5.91 Å². The lowest BCUT2D eigenvalue weighted by Gasteiger charge is -2.18. The molecule has 5 heteroatoms. The molecule has 3 N–H and O–H groups in total. The molecule has 0 fully saturated rings. The van der Waals surface area contributed by atoms with E-state index in [9.17, 15) is 4.79 Å². The summed E-state index contributed by atoms with van der Waals surface area (Å²) in [5.41, 5.74) is 6.86. The zero-order valence-electron chi connectivity index (χ0n) is 9.73. The Bertz CT molecular complexity index is 354. The predicted molar refractivity (Wildman–Crippen MR) is 64.6 cm³/mol. The maximum atomic E-state index is 11.6. The van der Waals surface area contributed by atoms with Crippen molar-refractivity contribution >= 4 is 11.6 Å². The van der Waals surface area contributed by atoms with Crippen molar-refractivity contribution in [2.75, 3.05) is 31.6 Å². The lowest BCUT2D eigenvalue weighted by Crippen LogP contribution is -2.27. The van der Waals surface area contributed by atoms with E-state index in [-0.39, 0.29) is 5.91 Å². The van der Waals surface area contributed by atoms with Crippen molar-refractivity contribution < 1.29 is 4.79 Å². The van der Waals surface area contributed by atoms with E-state index in [1.807, 2.05) is 24.9 Å². The predicted octanol–water partition coefficient (Wildman–Crippen LogP) is 0.226. The van der Waals surface area contributed by atoms with Gasteiger partial charge in [0.1, 0.15) is 5.69 Å². The van der Waals surface area contributed by atoms with Crippen molar-refractivity contribution in [3.05, 3.63) is 24.0 Å². The molecule has 0 atom stereocenters. The average Bonchev–Trinajstić information content (AvgIpc) is 2.30. The second kappa shape index (κ2) is 6.07. The maximum absolute atomic E-state index is 11.6. The van der Waals surface area contributed by atoms with Gasteiger partial charge in [-0.1, -0.05) is 0 Å². The van der Waals surface area contributed by atoms with Crippen LogP contribution in [0, 0.1) is 0 Å². The van der Waals surface area contributed by atoms with Crippen molar-refractivity contribution in [3.8, 4) is 0 Å². The molecule has 0 aliphatic carbocycles. The lowest BCUT2D eigenvalue weighted by molar-refractivity contribution is 0.0951. The van der Waals surface area contributed by atoms with Crippen LogP contribution in [0.1, 0.15) is 17.4 Å². The first kappa shape index (κ1) is 12.4. The number of hydrogen-bond donors (Lipinski definition) is 2. The van der Waals surface area contributed by atoms with Gasteiger partial charge in [-0.05, 0) is 19.1 Å². The molecule has 0 saturated heterocycles. The summed E-state index contributed by atoms with van der Waals surface area (Å²) in [4.78, 5) is 17.6. The molecule has 0 saturated carbocycles. The number of nitrogens with two attached hydrogens (primary N) is 1. The molecule has 0 aliphatic heterocycles. The largest absolute Gasteiger partial charge is 0.373 e. The molecule has 0 unspecified atom stereocenters. The molecule has 1 amide bonds. The summed E-state index contributed by atoms with van der Waals surface area (Å²) in [5.74, 6) is -0.148. The van der Waals surface area contributed by atoms with E-state index in [4.69, 9.17) is 5.73 Å². The molecular weight excluding hydrogens is 204 g/mol. The van der Waals surface area contributed by atoms with E-state index < -0.39 is 0 Å². The number of nitrogens with one attached hydrogen (secondary N) is 1. The van der Waals surface area contributed by atoms with Gasteiger partial charge in [0.05, 0.1) is 0 Å². The summed E-state index contributed by atoms with van der Waals surface area (Å²) in [6.45, 7) is 3.81. The summed E-state index contributed by atoms with van der Waals surface area (Å²) < 4.78 is 0. The highest BCUT2D eigenvalue weighted by Gasteiger charge is 2.08. The first-order valence-corrected chi connectivity index (χ1v) is 5.34. The monoisotopic (exact) mass is 222 g/mol. The van der Waals surface area contributed by atoms with Gasteiger partial charge in [0.2, 0.25) is 0 Å². The third-order valence-corrected chi connectivity index (χ3v) is 2.22. The van der Waals surface area contributed by atoms with Crippen LogP contribution in [0.4, 0.5) is 5.69 Å². The van der Waals surface area contributed by atoms with Crippen molar-refractivity contribution in [1.82, 2.24) is 10.3 Å². The Morgan fingerprint density at radius 1 is 1.62 bits per heavy atom. The van der Waals surface area contributed by atoms with E-state index in [0.29, 0.717) is 18.8 Å². The molecule has 0 aromatic carbocycles. The standard InChI is InChI=1S/C11H18N4O/c1-3-13-11(16)10-8-9(4-6-14-10)15(2)7-5-12/h4,6,8H,3,5,7,12H2,1-2H3,(H,13,16). The van der Waals surface area contributed by atoms with Crippen LogP contribution in [0.2, 0.25) is 0 Å². The normalized spacial score (nSPS) is 9.94. The third-order valence-electron chi connectivity index (χ3n) is 2.22. The lowest BCUT2D eigenvalue weighted by atomic mass is 10.3. The van der Waals surface area contributed by atoms with Gasteiger partial charge in [0, 0.05) is 38.6 Å². The summed E-state index contributed by atoms with van der Waals surface area (Å²) >= 11 is 0. The van der Waals surface area contributed by atoms with Gasteiger partial charge in [-0.3, -0.25) is 9.78 Å². The Labute approximate surface area is 95.7 Å². The molecule has 5 nitrogen and oxygen atoms in total. The first-order valence-electron chi connectivity index (χ1n) is 5.34. The SMILES string of the molecule is CCNC(=O)c1cc(N(C)CCN)ccn1. The van der Waals surface area contributed by atoms with Gasteiger partial charge in [-0.2, -0.15) is 0 Å². The number of amides is 1. The molecule has 1 rings (SSSR count). The van der Waals surface area contributed by atoms with Crippen molar-refractivity contribution in [2.45, 2.75) is 6.92 Å². The Hall–Kier alpha value is -1.62. The van der Waals surface area contributed by atoms with Crippen LogP contribution in [0.25, 0.3) is 0 Å². The van der Waals surface area contributed by atoms with Crippen molar-refractivity contribution in [3.63, 3.8) is 0 Å². The van der Waals surface area contributed by atoms with Crippen LogP contribution >= 0.6 is 0 Å². The van der Waals surface area contributed by atoms with Gasteiger partial charge < -0.3 is 16.0 Å². The summed E-state index contributed by atoms with van der Waals surface area (Å²) in [6, 6.07) is 3.62. The zero-order chi connectivity index (χ0) is 12.0.